The maximum Gasteiger partial charge on any atom is 0.273 e. The van der Waals surface area contributed by atoms with Crippen LogP contribution < -0.4 is 16.2 Å². The number of nitrogens with two attached hydrogens (primary N) is 1. The lowest BCUT2D eigenvalue weighted by Gasteiger charge is -2.33. The fraction of sp³-hybridized carbons (Fsp3) is 0.364. The van der Waals surface area contributed by atoms with Gasteiger partial charge in [-0.3, -0.25) is 14.2 Å². The number of anilines is 1. The molecule has 9 heteroatoms. The van der Waals surface area contributed by atoms with E-state index in [0.29, 0.717) is 33.8 Å². The molecule has 2 aromatic heterocycles. The predicted octanol–water partition coefficient (Wildman–Crippen LogP) is 2.01. The number of hydrogen-bond donors (Lipinski definition) is 1. The molecular formula is C22H24N6O2S. The third-order valence-electron chi connectivity index (χ3n) is 5.50. The largest absolute Gasteiger partial charge is 0.345 e. The summed E-state index contributed by atoms with van der Waals surface area (Å²) in [7, 11) is 3.35. The summed E-state index contributed by atoms with van der Waals surface area (Å²) in [5.74, 6) is 0.304. The Kier molecular flexibility index (Phi) is 5.76. The van der Waals surface area contributed by atoms with Crippen LogP contribution in [0.2, 0.25) is 0 Å². The Morgan fingerprint density at radius 2 is 2.16 bits per heavy atom. The predicted molar refractivity (Wildman–Crippen MR) is 122 cm³/mol. The minimum atomic E-state index is -0.213. The minimum absolute atomic E-state index is 0.00783. The van der Waals surface area contributed by atoms with E-state index < -0.39 is 0 Å². The van der Waals surface area contributed by atoms with Gasteiger partial charge in [-0.15, -0.1) is 11.3 Å². The Morgan fingerprint density at radius 1 is 1.39 bits per heavy atom. The molecule has 1 amide bonds. The van der Waals surface area contributed by atoms with Crippen LogP contribution in [0, 0.1) is 11.3 Å². The minimum Gasteiger partial charge on any atom is -0.345 e. The quantitative estimate of drug-likeness (QED) is 0.670. The zero-order chi connectivity index (χ0) is 22.1. The molecule has 31 heavy (non-hydrogen) atoms. The number of aromatic nitrogens is 2. The first kappa shape index (κ1) is 21.0. The third-order valence-corrected chi connectivity index (χ3v) is 6.46. The molecule has 1 fully saturated rings. The van der Waals surface area contributed by atoms with Crippen molar-refractivity contribution >= 4 is 33.4 Å². The number of nitriles is 1. The molecule has 0 spiro atoms. The molecule has 1 saturated heterocycles. The van der Waals surface area contributed by atoms with Gasteiger partial charge in [-0.2, -0.15) is 5.26 Å². The number of hydrogen-bond acceptors (Lipinski definition) is 7. The molecule has 2 N–H and O–H groups in total. The second-order valence-electron chi connectivity index (χ2n) is 7.95. The van der Waals surface area contributed by atoms with Gasteiger partial charge in [-0.25, -0.2) is 4.98 Å². The second kappa shape index (κ2) is 8.49. The monoisotopic (exact) mass is 436 g/mol. The molecule has 4 rings (SSSR count). The highest BCUT2D eigenvalue weighted by Crippen LogP contribution is 2.27. The maximum absolute atomic E-state index is 13.6. The van der Waals surface area contributed by atoms with Crippen LogP contribution in [0.3, 0.4) is 0 Å². The van der Waals surface area contributed by atoms with Gasteiger partial charge in [-0.05, 0) is 24.5 Å². The normalized spacial score (nSPS) is 16.3. The average Bonchev–Trinajstić information content (AvgIpc) is 3.19. The highest BCUT2D eigenvalue weighted by molar-refractivity contribution is 7.17. The highest BCUT2D eigenvalue weighted by Gasteiger charge is 2.26. The van der Waals surface area contributed by atoms with Crippen molar-refractivity contribution in [3.05, 3.63) is 56.7 Å². The van der Waals surface area contributed by atoms with Crippen LogP contribution >= 0.6 is 11.3 Å². The van der Waals surface area contributed by atoms with Crippen LogP contribution in [-0.2, 0) is 6.54 Å². The maximum atomic E-state index is 13.6. The van der Waals surface area contributed by atoms with E-state index in [4.69, 9.17) is 10.7 Å². The van der Waals surface area contributed by atoms with Gasteiger partial charge in [0.15, 0.2) is 0 Å². The molecule has 1 aliphatic rings. The summed E-state index contributed by atoms with van der Waals surface area (Å²) in [5, 5.41) is 11.2. The topological polar surface area (TPSA) is 108 Å². The smallest absolute Gasteiger partial charge is 0.273 e. The number of carbonyl (C=O) groups excluding carboxylic acids is 1. The summed E-state index contributed by atoms with van der Waals surface area (Å²) < 4.78 is 2.04. The molecule has 1 aromatic carbocycles. The molecule has 0 aliphatic carbocycles. The van der Waals surface area contributed by atoms with Crippen molar-refractivity contribution in [3.63, 3.8) is 0 Å². The number of nitrogens with zero attached hydrogens (tertiary/aromatic N) is 5. The van der Waals surface area contributed by atoms with Gasteiger partial charge < -0.3 is 15.5 Å². The molecule has 1 aliphatic heterocycles. The van der Waals surface area contributed by atoms with E-state index in [-0.39, 0.29) is 24.1 Å². The van der Waals surface area contributed by atoms with E-state index in [2.05, 4.69) is 6.07 Å². The van der Waals surface area contributed by atoms with Crippen molar-refractivity contribution < 1.29 is 4.79 Å². The summed E-state index contributed by atoms with van der Waals surface area (Å²) in [4.78, 5) is 34.5. The molecule has 0 radical (unpaired) electrons. The van der Waals surface area contributed by atoms with E-state index in [0.717, 1.165) is 24.9 Å². The Bertz CT molecular complexity index is 1240. The van der Waals surface area contributed by atoms with E-state index in [1.54, 1.807) is 36.2 Å². The van der Waals surface area contributed by atoms with Crippen LogP contribution in [0.4, 0.5) is 5.95 Å². The van der Waals surface area contributed by atoms with E-state index >= 15 is 0 Å². The first-order chi connectivity index (χ1) is 14.9. The van der Waals surface area contributed by atoms with Gasteiger partial charge in [-0.1, -0.05) is 18.2 Å². The molecule has 160 valence electrons. The van der Waals surface area contributed by atoms with Gasteiger partial charge in [0.1, 0.15) is 10.2 Å². The molecule has 0 bridgehead atoms. The Morgan fingerprint density at radius 3 is 2.87 bits per heavy atom. The van der Waals surface area contributed by atoms with Crippen molar-refractivity contribution in [2.24, 2.45) is 5.73 Å². The highest BCUT2D eigenvalue weighted by atomic mass is 32.1. The number of thiophene rings is 1. The zero-order valence-electron chi connectivity index (χ0n) is 17.5. The average molecular weight is 437 g/mol. The Hall–Kier alpha value is -3.22. The summed E-state index contributed by atoms with van der Waals surface area (Å²) in [6.45, 7) is 1.53. The molecular weight excluding hydrogens is 412 g/mol. The molecule has 8 nitrogen and oxygen atoms in total. The molecule has 0 saturated carbocycles. The van der Waals surface area contributed by atoms with Gasteiger partial charge in [0, 0.05) is 38.6 Å². The van der Waals surface area contributed by atoms with E-state index in [9.17, 15) is 14.9 Å². The number of amides is 1. The van der Waals surface area contributed by atoms with Crippen LogP contribution in [0.15, 0.2) is 34.4 Å². The summed E-state index contributed by atoms with van der Waals surface area (Å²) >= 11 is 1.23. The fourth-order valence-electron chi connectivity index (χ4n) is 3.89. The Labute approximate surface area is 184 Å². The standard InChI is InChI=1S/C22H24N6O2S/c1-26(2)20(29)17-13-31-19-18(17)25-22(27-9-5-8-16(24)12-27)28(21(19)30)11-15-7-4-3-6-14(15)10-23/h3-4,6-7,13,16H,5,8-9,11-12,24H2,1-2H3. The van der Waals surface area contributed by atoms with Gasteiger partial charge in [0.25, 0.3) is 11.5 Å². The lowest BCUT2D eigenvalue weighted by molar-refractivity contribution is 0.0829. The van der Waals surface area contributed by atoms with Crippen LogP contribution in [0.25, 0.3) is 10.2 Å². The SMILES string of the molecule is CN(C)C(=O)c1csc2c(=O)n(Cc3ccccc3C#N)c(N3CCCC(N)C3)nc12. The van der Waals surface area contributed by atoms with E-state index in [1.165, 1.54) is 16.2 Å². The summed E-state index contributed by atoms with van der Waals surface area (Å²) in [6, 6.07) is 9.42. The van der Waals surface area contributed by atoms with Crippen molar-refractivity contribution in [1.82, 2.24) is 14.5 Å². The van der Waals surface area contributed by atoms with Gasteiger partial charge in [0.05, 0.1) is 23.7 Å². The third kappa shape index (κ3) is 3.92. The molecule has 3 heterocycles. The number of carbonyl (C=O) groups is 1. The molecule has 1 unspecified atom stereocenters. The van der Waals surface area contributed by atoms with Crippen LogP contribution in [-0.4, -0.2) is 53.6 Å². The van der Waals surface area contributed by atoms with Crippen LogP contribution in [0.5, 0.6) is 0 Å². The van der Waals surface area contributed by atoms with Gasteiger partial charge >= 0.3 is 0 Å². The lowest BCUT2D eigenvalue weighted by Crippen LogP contribution is -2.45. The first-order valence-corrected chi connectivity index (χ1v) is 11.0. The Balaban J connectivity index is 1.92. The van der Waals surface area contributed by atoms with E-state index in [1.807, 2.05) is 17.0 Å². The lowest BCUT2D eigenvalue weighted by atomic mass is 10.1. The van der Waals surface area contributed by atoms with Crippen molar-refractivity contribution in [1.29, 1.82) is 5.26 Å². The van der Waals surface area contributed by atoms with Crippen LogP contribution in [0.1, 0.15) is 34.3 Å². The second-order valence-corrected chi connectivity index (χ2v) is 8.83. The van der Waals surface area contributed by atoms with Crippen molar-refractivity contribution in [2.45, 2.75) is 25.4 Å². The summed E-state index contributed by atoms with van der Waals surface area (Å²) in [5.41, 5.74) is 8.10. The number of benzene rings is 1. The fourth-order valence-corrected chi connectivity index (χ4v) is 4.82. The number of fused-ring (bicyclic) bond motifs is 1. The number of rotatable bonds is 4. The first-order valence-electron chi connectivity index (χ1n) is 10.1. The van der Waals surface area contributed by atoms with Crippen molar-refractivity contribution in [2.75, 3.05) is 32.1 Å². The number of piperidine rings is 1. The molecule has 1 atom stereocenters. The van der Waals surface area contributed by atoms with Crippen molar-refractivity contribution in [3.8, 4) is 6.07 Å². The zero-order valence-corrected chi connectivity index (χ0v) is 18.4. The molecule has 3 aromatic rings. The summed E-state index contributed by atoms with van der Waals surface area (Å²) in [6.07, 6.45) is 1.82. The van der Waals surface area contributed by atoms with Gasteiger partial charge in [0.2, 0.25) is 5.95 Å².